The van der Waals surface area contributed by atoms with Crippen molar-refractivity contribution in [2.24, 2.45) is 7.05 Å². The largest absolute Gasteiger partial charge is 0.444 e. The van der Waals surface area contributed by atoms with Gasteiger partial charge in [0.1, 0.15) is 9.30 Å². The van der Waals surface area contributed by atoms with Gasteiger partial charge in [-0.15, -0.1) is 0 Å². The molecule has 0 saturated heterocycles. The lowest BCUT2D eigenvalue weighted by atomic mass is 9.99. The number of hydrogen-bond acceptors (Lipinski definition) is 3. The molecule has 0 saturated carbocycles. The predicted molar refractivity (Wildman–Crippen MR) is 81.0 cm³/mol. The fraction of sp³-hybridized carbons (Fsp3) is 0.692. The van der Waals surface area contributed by atoms with E-state index < -0.39 is 5.60 Å². The van der Waals surface area contributed by atoms with E-state index in [1.165, 1.54) is 0 Å². The molecule has 2 heterocycles. The molecule has 0 bridgehead atoms. The van der Waals surface area contributed by atoms with Crippen LogP contribution in [-0.4, -0.2) is 32.9 Å². The molecule has 1 aliphatic rings. The molecule has 19 heavy (non-hydrogen) atoms. The highest BCUT2D eigenvalue weighted by Gasteiger charge is 2.32. The number of carbonyl (C=O) groups is 1. The van der Waals surface area contributed by atoms with Crippen molar-refractivity contribution in [2.75, 3.05) is 6.54 Å². The Balaban J connectivity index is 2.21. The number of carbonyl (C=O) groups excluding carboxylic acids is 1. The quantitative estimate of drug-likeness (QED) is 0.654. The van der Waals surface area contributed by atoms with Gasteiger partial charge in [-0.3, -0.25) is 4.68 Å². The summed E-state index contributed by atoms with van der Waals surface area (Å²) in [6.45, 7) is 9.00. The van der Waals surface area contributed by atoms with E-state index in [1.807, 2.05) is 32.5 Å². The van der Waals surface area contributed by atoms with Gasteiger partial charge in [0, 0.05) is 25.1 Å². The zero-order chi connectivity index (χ0) is 14.4. The topological polar surface area (TPSA) is 47.4 Å². The van der Waals surface area contributed by atoms with E-state index in [2.05, 4.69) is 34.6 Å². The third kappa shape index (κ3) is 3.04. The summed E-state index contributed by atoms with van der Waals surface area (Å²) in [7, 11) is 1.94. The second-order valence-corrected chi connectivity index (χ2v) is 7.06. The van der Waals surface area contributed by atoms with Crippen LogP contribution in [0, 0.1) is 3.70 Å². The standard InChI is InChI=1S/C13H20IN3O2/c1-8-6-17(12(18)19-13(2,3)4)7-9-10(8)15-16(5)11(9)14/h8H,6-7H2,1-5H3. The highest BCUT2D eigenvalue weighted by molar-refractivity contribution is 14.1. The molecular formula is C13H20IN3O2. The third-order valence-corrected chi connectivity index (χ3v) is 4.41. The maximum Gasteiger partial charge on any atom is 0.410 e. The van der Waals surface area contributed by atoms with Crippen LogP contribution in [0.4, 0.5) is 4.79 Å². The number of aromatic nitrogens is 2. The molecular weight excluding hydrogens is 357 g/mol. The maximum atomic E-state index is 12.2. The van der Waals surface area contributed by atoms with E-state index >= 15 is 0 Å². The molecule has 0 aliphatic carbocycles. The Morgan fingerprint density at radius 2 is 2.11 bits per heavy atom. The Morgan fingerprint density at radius 1 is 1.47 bits per heavy atom. The van der Waals surface area contributed by atoms with Crippen LogP contribution < -0.4 is 0 Å². The van der Waals surface area contributed by atoms with Gasteiger partial charge in [-0.05, 0) is 43.4 Å². The first kappa shape index (κ1) is 14.6. The second-order valence-electron chi connectivity index (χ2n) is 6.04. The van der Waals surface area contributed by atoms with Crippen LogP contribution in [0.15, 0.2) is 0 Å². The van der Waals surface area contributed by atoms with Crippen molar-refractivity contribution in [1.82, 2.24) is 14.7 Å². The SMILES string of the molecule is CC1CN(C(=O)OC(C)(C)C)Cc2c1nn(C)c2I. The van der Waals surface area contributed by atoms with Gasteiger partial charge >= 0.3 is 6.09 Å². The van der Waals surface area contributed by atoms with Crippen LogP contribution in [0.3, 0.4) is 0 Å². The van der Waals surface area contributed by atoms with E-state index in [0.29, 0.717) is 13.1 Å². The van der Waals surface area contributed by atoms with Crippen LogP contribution in [0.1, 0.15) is 44.9 Å². The maximum absolute atomic E-state index is 12.2. The number of hydrogen-bond donors (Lipinski definition) is 0. The molecule has 1 aromatic heterocycles. The summed E-state index contributed by atoms with van der Waals surface area (Å²) in [6.07, 6.45) is -0.246. The Morgan fingerprint density at radius 3 is 2.68 bits per heavy atom. The lowest BCUT2D eigenvalue weighted by molar-refractivity contribution is 0.0208. The highest BCUT2D eigenvalue weighted by Crippen LogP contribution is 2.30. The van der Waals surface area contributed by atoms with E-state index in [9.17, 15) is 4.79 Å². The van der Waals surface area contributed by atoms with Crippen LogP contribution in [-0.2, 0) is 18.3 Å². The zero-order valence-corrected chi connectivity index (χ0v) is 14.2. The van der Waals surface area contributed by atoms with Crippen molar-refractivity contribution in [1.29, 1.82) is 0 Å². The summed E-state index contributed by atoms with van der Waals surface area (Å²) >= 11 is 2.28. The molecule has 2 rings (SSSR count). The average Bonchev–Trinajstić information content (AvgIpc) is 2.54. The molecule has 1 unspecified atom stereocenters. The summed E-state index contributed by atoms with van der Waals surface area (Å²) in [5.74, 6) is 0.242. The van der Waals surface area contributed by atoms with E-state index in [-0.39, 0.29) is 12.0 Å². The molecule has 106 valence electrons. The van der Waals surface area contributed by atoms with E-state index in [1.54, 1.807) is 4.90 Å². The minimum Gasteiger partial charge on any atom is -0.444 e. The lowest BCUT2D eigenvalue weighted by Crippen LogP contribution is -2.41. The first-order valence-electron chi connectivity index (χ1n) is 6.38. The molecule has 5 nitrogen and oxygen atoms in total. The predicted octanol–water partition coefficient (Wildman–Crippen LogP) is 2.88. The molecule has 6 heteroatoms. The van der Waals surface area contributed by atoms with Gasteiger partial charge < -0.3 is 9.64 Å². The van der Waals surface area contributed by atoms with Gasteiger partial charge in [0.15, 0.2) is 0 Å². The summed E-state index contributed by atoms with van der Waals surface area (Å²) < 4.78 is 8.41. The second kappa shape index (κ2) is 4.96. The van der Waals surface area contributed by atoms with Crippen LogP contribution in [0.5, 0.6) is 0 Å². The Kier molecular flexibility index (Phi) is 3.81. The molecule has 1 aliphatic heterocycles. The van der Waals surface area contributed by atoms with Crippen LogP contribution in [0.25, 0.3) is 0 Å². The summed E-state index contributed by atoms with van der Waals surface area (Å²) in [4.78, 5) is 13.9. The fourth-order valence-corrected chi connectivity index (χ4v) is 2.80. The molecule has 0 spiro atoms. The molecule has 0 aromatic carbocycles. The van der Waals surface area contributed by atoms with Gasteiger partial charge in [0.25, 0.3) is 0 Å². The number of rotatable bonds is 0. The van der Waals surface area contributed by atoms with Crippen molar-refractivity contribution >= 4 is 28.7 Å². The number of nitrogens with zero attached hydrogens (tertiary/aromatic N) is 3. The Bertz CT molecular complexity index is 505. The fourth-order valence-electron chi connectivity index (χ4n) is 2.25. The minimum absolute atomic E-state index is 0.242. The van der Waals surface area contributed by atoms with E-state index in [0.717, 1.165) is 15.0 Å². The van der Waals surface area contributed by atoms with Crippen molar-refractivity contribution in [3.8, 4) is 0 Å². The van der Waals surface area contributed by atoms with Crippen molar-refractivity contribution in [3.05, 3.63) is 15.0 Å². The third-order valence-electron chi connectivity index (χ3n) is 3.06. The van der Waals surface area contributed by atoms with Crippen molar-refractivity contribution in [2.45, 2.75) is 45.8 Å². The van der Waals surface area contributed by atoms with E-state index in [4.69, 9.17) is 4.74 Å². The Hall–Kier alpha value is -0.790. The summed E-state index contributed by atoms with van der Waals surface area (Å²) in [6, 6.07) is 0. The molecule has 0 fully saturated rings. The first-order chi connectivity index (χ1) is 8.69. The van der Waals surface area contributed by atoms with Gasteiger partial charge in [-0.25, -0.2) is 4.79 Å². The monoisotopic (exact) mass is 377 g/mol. The molecule has 1 aromatic rings. The first-order valence-corrected chi connectivity index (χ1v) is 7.46. The van der Waals surface area contributed by atoms with Crippen LogP contribution in [0.2, 0.25) is 0 Å². The van der Waals surface area contributed by atoms with Crippen LogP contribution >= 0.6 is 22.6 Å². The molecule has 0 radical (unpaired) electrons. The normalized spacial score (nSPS) is 19.3. The van der Waals surface area contributed by atoms with Crippen molar-refractivity contribution < 1.29 is 9.53 Å². The minimum atomic E-state index is -0.456. The number of amides is 1. The molecule has 0 N–H and O–H groups in total. The molecule has 1 atom stereocenters. The smallest absolute Gasteiger partial charge is 0.410 e. The number of fused-ring (bicyclic) bond motifs is 1. The zero-order valence-electron chi connectivity index (χ0n) is 12.0. The average molecular weight is 377 g/mol. The van der Waals surface area contributed by atoms with Crippen molar-refractivity contribution in [3.63, 3.8) is 0 Å². The van der Waals surface area contributed by atoms with Gasteiger partial charge in [0.05, 0.1) is 12.2 Å². The number of aryl methyl sites for hydroxylation is 1. The summed E-state index contributed by atoms with van der Waals surface area (Å²) in [5.41, 5.74) is 1.79. The number of ether oxygens (including phenoxy) is 1. The summed E-state index contributed by atoms with van der Waals surface area (Å²) in [5, 5.41) is 4.53. The van der Waals surface area contributed by atoms with Gasteiger partial charge in [-0.2, -0.15) is 5.10 Å². The number of halogens is 1. The van der Waals surface area contributed by atoms with Gasteiger partial charge in [0.2, 0.25) is 0 Å². The van der Waals surface area contributed by atoms with Gasteiger partial charge in [-0.1, -0.05) is 6.92 Å². The molecule has 1 amide bonds. The Labute approximate surface area is 127 Å². The highest BCUT2D eigenvalue weighted by atomic mass is 127. The lowest BCUT2D eigenvalue weighted by Gasteiger charge is -2.32.